The Morgan fingerprint density at radius 3 is 2.06 bits per heavy atom. The molecule has 0 aliphatic heterocycles. The SMILES string of the molecule is CCCC(CCC)CCCC1CCCCC1. The third kappa shape index (κ3) is 5.92. The van der Waals surface area contributed by atoms with Gasteiger partial charge in [0.05, 0.1) is 0 Å². The van der Waals surface area contributed by atoms with Gasteiger partial charge in [0.15, 0.2) is 0 Å². The van der Waals surface area contributed by atoms with Gasteiger partial charge in [-0.1, -0.05) is 90.9 Å². The summed E-state index contributed by atoms with van der Waals surface area (Å²) in [6, 6.07) is 0. The Morgan fingerprint density at radius 1 is 0.875 bits per heavy atom. The first-order valence-electron chi connectivity index (χ1n) is 7.86. The van der Waals surface area contributed by atoms with Crippen molar-refractivity contribution in [3.05, 3.63) is 0 Å². The maximum absolute atomic E-state index is 2.34. The summed E-state index contributed by atoms with van der Waals surface area (Å²) < 4.78 is 0. The van der Waals surface area contributed by atoms with Crippen LogP contribution in [-0.4, -0.2) is 0 Å². The largest absolute Gasteiger partial charge is 0.0654 e. The molecule has 0 heterocycles. The van der Waals surface area contributed by atoms with Crippen molar-refractivity contribution in [3.63, 3.8) is 0 Å². The maximum atomic E-state index is 2.34. The lowest BCUT2D eigenvalue weighted by atomic mass is 9.84. The van der Waals surface area contributed by atoms with Crippen LogP contribution in [0.5, 0.6) is 0 Å². The molecule has 1 aliphatic rings. The normalized spacial score (nSPS) is 18.2. The molecule has 0 unspecified atom stereocenters. The highest BCUT2D eigenvalue weighted by Crippen LogP contribution is 2.29. The van der Waals surface area contributed by atoms with Crippen molar-refractivity contribution in [2.45, 2.75) is 90.9 Å². The van der Waals surface area contributed by atoms with Gasteiger partial charge in [0.1, 0.15) is 0 Å². The molecule has 0 spiro atoms. The fourth-order valence-corrected chi connectivity index (χ4v) is 3.42. The molecule has 0 nitrogen and oxygen atoms in total. The topological polar surface area (TPSA) is 0 Å². The second-order valence-electron chi connectivity index (χ2n) is 5.88. The molecule has 0 radical (unpaired) electrons. The highest BCUT2D eigenvalue weighted by Gasteiger charge is 2.14. The predicted molar refractivity (Wildman–Crippen MR) is 73.7 cm³/mol. The Kier molecular flexibility index (Phi) is 7.98. The molecular weight excluding hydrogens is 192 g/mol. The van der Waals surface area contributed by atoms with Gasteiger partial charge in [0.2, 0.25) is 0 Å². The Labute approximate surface area is 103 Å². The quantitative estimate of drug-likeness (QED) is 0.477. The van der Waals surface area contributed by atoms with E-state index in [9.17, 15) is 0 Å². The first kappa shape index (κ1) is 14.1. The number of rotatable bonds is 8. The van der Waals surface area contributed by atoms with E-state index in [1.165, 1.54) is 77.0 Å². The summed E-state index contributed by atoms with van der Waals surface area (Å²) in [6.45, 7) is 4.67. The van der Waals surface area contributed by atoms with E-state index in [1.54, 1.807) is 0 Å². The van der Waals surface area contributed by atoms with Crippen molar-refractivity contribution in [1.29, 1.82) is 0 Å². The van der Waals surface area contributed by atoms with Gasteiger partial charge in [-0.25, -0.2) is 0 Å². The van der Waals surface area contributed by atoms with E-state index in [2.05, 4.69) is 13.8 Å². The van der Waals surface area contributed by atoms with E-state index < -0.39 is 0 Å². The molecule has 1 saturated carbocycles. The Morgan fingerprint density at radius 2 is 1.50 bits per heavy atom. The van der Waals surface area contributed by atoms with Gasteiger partial charge in [0, 0.05) is 0 Å². The maximum Gasteiger partial charge on any atom is -0.0414 e. The summed E-state index contributed by atoms with van der Waals surface area (Å²) in [4.78, 5) is 0. The van der Waals surface area contributed by atoms with Gasteiger partial charge in [-0.2, -0.15) is 0 Å². The molecule has 16 heavy (non-hydrogen) atoms. The molecule has 96 valence electrons. The average Bonchev–Trinajstić information content (AvgIpc) is 2.31. The summed E-state index contributed by atoms with van der Waals surface area (Å²) >= 11 is 0. The molecular formula is C16H32. The third-order valence-electron chi connectivity index (χ3n) is 4.34. The lowest BCUT2D eigenvalue weighted by molar-refractivity contribution is 0.309. The molecule has 1 fully saturated rings. The van der Waals surface area contributed by atoms with Crippen LogP contribution in [0.15, 0.2) is 0 Å². The van der Waals surface area contributed by atoms with E-state index in [1.807, 2.05) is 0 Å². The summed E-state index contributed by atoms with van der Waals surface area (Å²) in [5.74, 6) is 2.14. The van der Waals surface area contributed by atoms with Crippen molar-refractivity contribution >= 4 is 0 Å². The first-order valence-corrected chi connectivity index (χ1v) is 7.86. The van der Waals surface area contributed by atoms with Crippen LogP contribution in [0.4, 0.5) is 0 Å². The van der Waals surface area contributed by atoms with E-state index in [-0.39, 0.29) is 0 Å². The monoisotopic (exact) mass is 224 g/mol. The summed E-state index contributed by atoms with van der Waals surface area (Å²) in [5.41, 5.74) is 0. The van der Waals surface area contributed by atoms with E-state index in [4.69, 9.17) is 0 Å². The third-order valence-corrected chi connectivity index (χ3v) is 4.34. The van der Waals surface area contributed by atoms with Crippen LogP contribution in [0.2, 0.25) is 0 Å². The second-order valence-corrected chi connectivity index (χ2v) is 5.88. The van der Waals surface area contributed by atoms with Crippen molar-refractivity contribution in [3.8, 4) is 0 Å². The van der Waals surface area contributed by atoms with Crippen molar-refractivity contribution in [2.24, 2.45) is 11.8 Å². The van der Waals surface area contributed by atoms with Crippen LogP contribution in [0.25, 0.3) is 0 Å². The fourth-order valence-electron chi connectivity index (χ4n) is 3.42. The molecule has 1 aliphatic carbocycles. The molecule has 0 bridgehead atoms. The van der Waals surface area contributed by atoms with Gasteiger partial charge in [-0.3, -0.25) is 0 Å². The summed E-state index contributed by atoms with van der Waals surface area (Å²) in [5, 5.41) is 0. The van der Waals surface area contributed by atoms with Gasteiger partial charge >= 0.3 is 0 Å². The minimum atomic E-state index is 1.04. The number of hydrogen-bond donors (Lipinski definition) is 0. The molecule has 0 heteroatoms. The van der Waals surface area contributed by atoms with E-state index in [0.717, 1.165) is 11.8 Å². The van der Waals surface area contributed by atoms with Crippen LogP contribution >= 0.6 is 0 Å². The van der Waals surface area contributed by atoms with Crippen molar-refractivity contribution in [1.82, 2.24) is 0 Å². The lowest BCUT2D eigenvalue weighted by Gasteiger charge is -2.22. The zero-order valence-electron chi connectivity index (χ0n) is 11.6. The Balaban J connectivity index is 2.06. The first-order chi connectivity index (χ1) is 7.86. The van der Waals surface area contributed by atoms with E-state index in [0.29, 0.717) is 0 Å². The second kappa shape index (κ2) is 9.07. The highest BCUT2D eigenvalue weighted by molar-refractivity contribution is 4.67. The fraction of sp³-hybridized carbons (Fsp3) is 1.00. The van der Waals surface area contributed by atoms with Gasteiger partial charge in [0.25, 0.3) is 0 Å². The molecule has 0 aromatic heterocycles. The molecule has 0 atom stereocenters. The molecule has 0 aromatic carbocycles. The van der Waals surface area contributed by atoms with Crippen molar-refractivity contribution in [2.75, 3.05) is 0 Å². The molecule has 0 saturated heterocycles. The average molecular weight is 224 g/mol. The number of hydrogen-bond acceptors (Lipinski definition) is 0. The standard InChI is InChI=1S/C16H32/c1-3-9-15(10-4-2)13-8-14-16-11-6-5-7-12-16/h15-16H,3-14H2,1-2H3. The van der Waals surface area contributed by atoms with Gasteiger partial charge in [-0.05, 0) is 11.8 Å². The van der Waals surface area contributed by atoms with E-state index >= 15 is 0 Å². The van der Waals surface area contributed by atoms with Crippen LogP contribution in [0.1, 0.15) is 90.9 Å². The smallest absolute Gasteiger partial charge is 0.0414 e. The highest BCUT2D eigenvalue weighted by atomic mass is 14.2. The van der Waals surface area contributed by atoms with Crippen LogP contribution in [0, 0.1) is 11.8 Å². The zero-order valence-corrected chi connectivity index (χ0v) is 11.6. The van der Waals surface area contributed by atoms with Crippen LogP contribution in [-0.2, 0) is 0 Å². The molecule has 0 aromatic rings. The van der Waals surface area contributed by atoms with Crippen LogP contribution in [0.3, 0.4) is 0 Å². The predicted octanol–water partition coefficient (Wildman–Crippen LogP) is 5.95. The van der Waals surface area contributed by atoms with Gasteiger partial charge < -0.3 is 0 Å². The Bertz CT molecular complexity index is 138. The summed E-state index contributed by atoms with van der Waals surface area (Å²) in [6.07, 6.45) is 17.9. The summed E-state index contributed by atoms with van der Waals surface area (Å²) in [7, 11) is 0. The van der Waals surface area contributed by atoms with Crippen molar-refractivity contribution < 1.29 is 0 Å². The minimum absolute atomic E-state index is 1.04. The lowest BCUT2D eigenvalue weighted by Crippen LogP contribution is -2.07. The zero-order chi connectivity index (χ0) is 11.6. The Hall–Kier alpha value is 0. The molecule has 0 N–H and O–H groups in total. The molecule has 1 rings (SSSR count). The van der Waals surface area contributed by atoms with Crippen LogP contribution < -0.4 is 0 Å². The van der Waals surface area contributed by atoms with Gasteiger partial charge in [-0.15, -0.1) is 0 Å². The molecule has 0 amide bonds. The minimum Gasteiger partial charge on any atom is -0.0654 e.